The number of esters is 1. The maximum absolute atomic E-state index is 10.8. The SMILES string of the molecule is C.C.C.CC(C)C.CC(C)C.CCC.CCC.CCC(=O)OC(C)C(C)OC.CCCCC.CN=C=O.c1ccccc1.c1ccccc1. The average molecular weight is 698 g/mol. The molecule has 2 unspecified atom stereocenters. The van der Waals surface area contributed by atoms with Crippen LogP contribution in [0.5, 0.6) is 0 Å². The van der Waals surface area contributed by atoms with E-state index in [1.807, 2.05) is 86.6 Å². The van der Waals surface area contributed by atoms with Gasteiger partial charge in [0.05, 0.1) is 6.10 Å². The molecule has 2 atom stereocenters. The third-order valence-corrected chi connectivity index (χ3v) is 3.77. The second-order valence-electron chi connectivity index (χ2n) is 11.3. The molecule has 5 heteroatoms. The van der Waals surface area contributed by atoms with Crippen LogP contribution in [-0.2, 0) is 19.1 Å². The number of carbonyl (C=O) groups excluding carboxylic acids is 2. The molecule has 0 N–H and O–H groups in total. The summed E-state index contributed by atoms with van der Waals surface area (Å²) >= 11 is 0. The molecule has 0 radical (unpaired) electrons. The van der Waals surface area contributed by atoms with Crippen molar-refractivity contribution in [2.24, 2.45) is 16.8 Å². The first-order chi connectivity index (χ1) is 21.7. The summed E-state index contributed by atoms with van der Waals surface area (Å²) in [4.78, 5) is 22.6. The summed E-state index contributed by atoms with van der Waals surface area (Å²) in [7, 11) is 2.98. The Morgan fingerprint density at radius 2 is 0.776 bits per heavy atom. The number of isocyanates is 1. The van der Waals surface area contributed by atoms with Gasteiger partial charge in [0, 0.05) is 20.6 Å². The second kappa shape index (κ2) is 75.5. The zero-order valence-corrected chi connectivity index (χ0v) is 33.6. The van der Waals surface area contributed by atoms with Crippen molar-refractivity contribution in [1.82, 2.24) is 0 Å². The van der Waals surface area contributed by atoms with Gasteiger partial charge >= 0.3 is 5.97 Å². The number of aliphatic imine (C=N–C) groups is 1. The van der Waals surface area contributed by atoms with Gasteiger partial charge in [-0.3, -0.25) is 4.79 Å². The first-order valence-electron chi connectivity index (χ1n) is 17.4. The van der Waals surface area contributed by atoms with E-state index in [-0.39, 0.29) is 40.5 Å². The van der Waals surface area contributed by atoms with Crippen LogP contribution < -0.4 is 0 Å². The van der Waals surface area contributed by atoms with Gasteiger partial charge in [0.1, 0.15) is 6.10 Å². The number of benzene rings is 2. The summed E-state index contributed by atoms with van der Waals surface area (Å²) in [6.45, 7) is 31.4. The maximum Gasteiger partial charge on any atom is 0.305 e. The molecule has 0 heterocycles. The molecule has 2 rings (SSSR count). The molecule has 2 aromatic rings. The lowest BCUT2D eigenvalue weighted by molar-refractivity contribution is -0.153. The number of hydrogen-bond acceptors (Lipinski definition) is 5. The van der Waals surface area contributed by atoms with Crippen LogP contribution in [0.2, 0.25) is 0 Å². The van der Waals surface area contributed by atoms with Gasteiger partial charge < -0.3 is 9.47 Å². The Hall–Kier alpha value is -2.75. The summed E-state index contributed by atoms with van der Waals surface area (Å²) in [5, 5.41) is 0. The minimum atomic E-state index is -0.179. The Balaban J connectivity index is -0.0000000449. The summed E-state index contributed by atoms with van der Waals surface area (Å²) in [6.07, 6.45) is 8.10. The van der Waals surface area contributed by atoms with Gasteiger partial charge in [0.2, 0.25) is 6.08 Å². The Labute approximate surface area is 311 Å². The highest BCUT2D eigenvalue weighted by Gasteiger charge is 2.14. The number of nitrogens with zero attached hydrogens (tertiary/aromatic N) is 1. The Bertz CT molecular complexity index is 646. The molecule has 2 aromatic carbocycles. The molecule has 0 saturated heterocycles. The zero-order chi connectivity index (χ0) is 37.4. The van der Waals surface area contributed by atoms with Crippen molar-refractivity contribution in [1.29, 1.82) is 0 Å². The van der Waals surface area contributed by atoms with Crippen molar-refractivity contribution < 1.29 is 19.1 Å². The minimum Gasteiger partial charge on any atom is -0.460 e. The van der Waals surface area contributed by atoms with E-state index in [0.717, 1.165) is 11.8 Å². The molecule has 0 bridgehead atoms. The standard InChI is InChI=1S/C8H16O3.2C6H6.C5H12.2C4H10.2C3H8.C2H3NO.3CH4/c1-5-8(9)11-7(3)6(2)10-4;2*1-2-4-6-5-3-1;1-3-5-4-2;2*1-4(2)3;2*1-3-2;1-3-2-4;;;/h6-7H,5H2,1-4H3;2*1-6H;3-5H2,1-2H3;2*4H,1-3H3;2*3H2,1-2H3;1H3;3*1H4. The smallest absolute Gasteiger partial charge is 0.305 e. The number of hydrogen-bond donors (Lipinski definition) is 0. The van der Waals surface area contributed by atoms with Gasteiger partial charge in [-0.2, -0.15) is 0 Å². The Kier molecular flexibility index (Phi) is 111. The van der Waals surface area contributed by atoms with Gasteiger partial charge in [-0.05, 0) is 25.7 Å². The average Bonchev–Trinajstić information content (AvgIpc) is 3.04. The van der Waals surface area contributed by atoms with Gasteiger partial charge in [-0.25, -0.2) is 9.79 Å². The molecule has 0 aromatic heterocycles. The van der Waals surface area contributed by atoms with Crippen LogP contribution in [0.4, 0.5) is 0 Å². The van der Waals surface area contributed by atoms with Crippen molar-refractivity contribution in [3.05, 3.63) is 72.8 Å². The third kappa shape index (κ3) is 144. The van der Waals surface area contributed by atoms with Gasteiger partial charge in [0.15, 0.2) is 0 Å². The van der Waals surface area contributed by atoms with Crippen LogP contribution in [0.25, 0.3) is 0 Å². The van der Waals surface area contributed by atoms with Crippen molar-refractivity contribution in [3.8, 4) is 0 Å². The van der Waals surface area contributed by atoms with Crippen LogP contribution in [0.15, 0.2) is 77.8 Å². The van der Waals surface area contributed by atoms with E-state index < -0.39 is 0 Å². The molecule has 5 nitrogen and oxygen atoms in total. The molecule has 0 spiro atoms. The van der Waals surface area contributed by atoms with E-state index >= 15 is 0 Å². The van der Waals surface area contributed by atoms with E-state index in [1.165, 1.54) is 45.2 Å². The van der Waals surface area contributed by atoms with Crippen molar-refractivity contribution in [2.45, 2.75) is 177 Å². The molecule has 0 fully saturated rings. The first kappa shape index (κ1) is 72.1. The highest BCUT2D eigenvalue weighted by molar-refractivity contribution is 5.69. The summed E-state index contributed by atoms with van der Waals surface area (Å²) < 4.78 is 9.97. The van der Waals surface area contributed by atoms with E-state index in [4.69, 9.17) is 14.3 Å². The minimum absolute atomic E-state index is 0. The molecule has 0 saturated carbocycles. The van der Waals surface area contributed by atoms with E-state index in [9.17, 15) is 4.79 Å². The lowest BCUT2D eigenvalue weighted by atomic mass is 10.2. The topological polar surface area (TPSA) is 65.0 Å². The highest BCUT2D eigenvalue weighted by Crippen LogP contribution is 2.02. The number of rotatable bonds is 6. The fourth-order valence-electron chi connectivity index (χ4n) is 1.70. The summed E-state index contributed by atoms with van der Waals surface area (Å²) in [6, 6.07) is 24.0. The Morgan fingerprint density at radius 1 is 0.571 bits per heavy atom. The van der Waals surface area contributed by atoms with Crippen molar-refractivity contribution >= 4 is 12.0 Å². The van der Waals surface area contributed by atoms with Crippen molar-refractivity contribution in [2.75, 3.05) is 14.2 Å². The van der Waals surface area contributed by atoms with Crippen LogP contribution in [0, 0.1) is 11.8 Å². The Morgan fingerprint density at radius 3 is 0.878 bits per heavy atom. The predicted molar refractivity (Wildman–Crippen MR) is 228 cm³/mol. The fourth-order valence-corrected chi connectivity index (χ4v) is 1.70. The molecule has 0 aliphatic rings. The van der Waals surface area contributed by atoms with Crippen LogP contribution >= 0.6 is 0 Å². The number of unbranched alkanes of at least 4 members (excludes halogenated alkanes) is 2. The summed E-state index contributed by atoms with van der Waals surface area (Å²) in [5.41, 5.74) is 0. The molecule has 49 heavy (non-hydrogen) atoms. The molecule has 0 aliphatic carbocycles. The molecular weight excluding hydrogens is 606 g/mol. The normalized spacial score (nSPS) is 8.88. The first-order valence-corrected chi connectivity index (χ1v) is 17.4. The van der Waals surface area contributed by atoms with Crippen LogP contribution in [0.3, 0.4) is 0 Å². The fraction of sp³-hybridized carbons (Fsp3) is 0.682. The molecule has 296 valence electrons. The quantitative estimate of drug-likeness (QED) is 0.171. The number of carbonyl (C=O) groups is 1. The second-order valence-corrected chi connectivity index (χ2v) is 11.3. The summed E-state index contributed by atoms with van der Waals surface area (Å²) in [5.74, 6) is 1.49. The van der Waals surface area contributed by atoms with Crippen LogP contribution in [0.1, 0.15) is 165 Å². The lowest BCUT2D eigenvalue weighted by Gasteiger charge is -2.18. The number of methoxy groups -OCH3 is 1. The molecular formula is C44H91NO4. The van der Waals surface area contributed by atoms with E-state index in [0.29, 0.717) is 6.42 Å². The third-order valence-electron chi connectivity index (χ3n) is 3.77. The lowest BCUT2D eigenvalue weighted by Crippen LogP contribution is -2.27. The maximum atomic E-state index is 10.8. The molecule has 0 amide bonds. The van der Waals surface area contributed by atoms with E-state index in [2.05, 4.69) is 88.1 Å². The zero-order valence-electron chi connectivity index (χ0n) is 33.6. The monoisotopic (exact) mass is 698 g/mol. The molecule has 0 aliphatic heterocycles. The largest absolute Gasteiger partial charge is 0.460 e. The van der Waals surface area contributed by atoms with Gasteiger partial charge in [-0.1, -0.05) is 217 Å². The highest BCUT2D eigenvalue weighted by atomic mass is 16.6. The van der Waals surface area contributed by atoms with E-state index in [1.54, 1.807) is 14.0 Å². The number of ether oxygens (including phenoxy) is 2. The van der Waals surface area contributed by atoms with Crippen molar-refractivity contribution in [3.63, 3.8) is 0 Å². The van der Waals surface area contributed by atoms with Crippen LogP contribution in [-0.4, -0.2) is 38.4 Å². The van der Waals surface area contributed by atoms with Gasteiger partial charge in [0.25, 0.3) is 0 Å². The van der Waals surface area contributed by atoms with Gasteiger partial charge in [-0.15, -0.1) is 0 Å². The predicted octanol–water partition coefficient (Wildman–Crippen LogP) is 15.0.